The van der Waals surface area contributed by atoms with Crippen molar-refractivity contribution in [1.29, 1.82) is 0 Å². The first-order valence-corrected chi connectivity index (χ1v) is 9.07. The van der Waals surface area contributed by atoms with Gasteiger partial charge in [0.2, 0.25) is 10.0 Å². The van der Waals surface area contributed by atoms with Crippen molar-refractivity contribution < 1.29 is 8.42 Å². The minimum Gasteiger partial charge on any atom is -0.329 e. The molecule has 0 unspecified atom stereocenters. The van der Waals surface area contributed by atoms with Gasteiger partial charge in [0.15, 0.2) is 0 Å². The molecule has 1 saturated carbocycles. The molecule has 21 heavy (non-hydrogen) atoms. The third kappa shape index (κ3) is 3.14. The van der Waals surface area contributed by atoms with E-state index in [4.69, 9.17) is 5.73 Å². The van der Waals surface area contributed by atoms with E-state index in [1.807, 2.05) is 0 Å². The zero-order chi connectivity index (χ0) is 15.7. The van der Waals surface area contributed by atoms with Gasteiger partial charge in [0, 0.05) is 13.1 Å². The predicted octanol–water partition coefficient (Wildman–Crippen LogP) is 1.32. The van der Waals surface area contributed by atoms with Crippen LogP contribution in [-0.4, -0.2) is 31.3 Å². The number of nitrogens with zero attached hydrogens (tertiary/aromatic N) is 2. The maximum Gasteiger partial charge on any atom is 0.244 e. The van der Waals surface area contributed by atoms with Crippen molar-refractivity contribution in [2.75, 3.05) is 13.1 Å². The zero-order valence-electron chi connectivity index (χ0n) is 13.1. The predicted molar refractivity (Wildman–Crippen MR) is 82.5 cm³/mol. The fourth-order valence-corrected chi connectivity index (χ4v) is 4.63. The minimum atomic E-state index is -3.51. The second-order valence-electron chi connectivity index (χ2n) is 6.04. The SMILES string of the molecule is CCC1(CNS(=O)(=O)c2c(C)nn(CCN)c2C)CCC1. The van der Waals surface area contributed by atoms with Gasteiger partial charge in [-0.2, -0.15) is 5.10 Å². The normalized spacial score (nSPS) is 17.7. The van der Waals surface area contributed by atoms with Gasteiger partial charge in [-0.15, -0.1) is 0 Å². The van der Waals surface area contributed by atoms with Crippen LogP contribution in [-0.2, 0) is 16.6 Å². The van der Waals surface area contributed by atoms with Crippen LogP contribution in [0.3, 0.4) is 0 Å². The van der Waals surface area contributed by atoms with Crippen molar-refractivity contribution in [3.8, 4) is 0 Å². The van der Waals surface area contributed by atoms with Crippen molar-refractivity contribution in [3.63, 3.8) is 0 Å². The molecule has 0 amide bonds. The molecule has 1 fully saturated rings. The van der Waals surface area contributed by atoms with Crippen molar-refractivity contribution in [2.45, 2.75) is 57.9 Å². The highest BCUT2D eigenvalue weighted by atomic mass is 32.2. The molecule has 0 saturated heterocycles. The third-order valence-corrected chi connectivity index (χ3v) is 6.38. The van der Waals surface area contributed by atoms with E-state index in [0.29, 0.717) is 35.9 Å². The number of sulfonamides is 1. The summed E-state index contributed by atoms with van der Waals surface area (Å²) in [5.41, 5.74) is 6.88. The Morgan fingerprint density at radius 1 is 1.38 bits per heavy atom. The number of aryl methyl sites for hydroxylation is 1. The second-order valence-corrected chi connectivity index (χ2v) is 7.75. The van der Waals surface area contributed by atoms with Gasteiger partial charge in [-0.3, -0.25) is 4.68 Å². The summed E-state index contributed by atoms with van der Waals surface area (Å²) in [5, 5.41) is 4.28. The Balaban J connectivity index is 2.19. The van der Waals surface area contributed by atoms with Crippen LogP contribution in [0.25, 0.3) is 0 Å². The third-order valence-electron chi connectivity index (χ3n) is 4.73. The summed E-state index contributed by atoms with van der Waals surface area (Å²) in [4.78, 5) is 0.307. The number of aromatic nitrogens is 2. The summed E-state index contributed by atoms with van der Waals surface area (Å²) in [5.74, 6) is 0. The summed E-state index contributed by atoms with van der Waals surface area (Å²) in [6.07, 6.45) is 4.43. The Bertz CT molecular complexity index is 597. The van der Waals surface area contributed by atoms with Gasteiger partial charge in [0.25, 0.3) is 0 Å². The Morgan fingerprint density at radius 3 is 2.52 bits per heavy atom. The molecule has 1 aliphatic carbocycles. The van der Waals surface area contributed by atoms with Crippen LogP contribution >= 0.6 is 0 Å². The number of hydrogen-bond acceptors (Lipinski definition) is 4. The van der Waals surface area contributed by atoms with Gasteiger partial charge in [-0.05, 0) is 38.5 Å². The Labute approximate surface area is 127 Å². The molecule has 3 N–H and O–H groups in total. The van der Waals surface area contributed by atoms with Gasteiger partial charge >= 0.3 is 0 Å². The summed E-state index contributed by atoms with van der Waals surface area (Å²) < 4.78 is 29.7. The first-order valence-electron chi connectivity index (χ1n) is 7.59. The Morgan fingerprint density at radius 2 is 2.05 bits per heavy atom. The van der Waals surface area contributed by atoms with E-state index in [0.717, 1.165) is 19.3 Å². The molecule has 1 aromatic heterocycles. The molecule has 6 nitrogen and oxygen atoms in total. The topological polar surface area (TPSA) is 90.0 Å². The summed E-state index contributed by atoms with van der Waals surface area (Å²) in [7, 11) is -3.51. The maximum absolute atomic E-state index is 12.6. The van der Waals surface area contributed by atoms with Gasteiger partial charge in [-0.1, -0.05) is 13.3 Å². The smallest absolute Gasteiger partial charge is 0.244 e. The van der Waals surface area contributed by atoms with Crippen molar-refractivity contribution >= 4 is 10.0 Å². The number of rotatable bonds is 7. The fourth-order valence-electron chi connectivity index (χ4n) is 3.06. The lowest BCUT2D eigenvalue weighted by Gasteiger charge is -2.41. The van der Waals surface area contributed by atoms with Crippen LogP contribution in [0.15, 0.2) is 4.90 Å². The van der Waals surface area contributed by atoms with Crippen LogP contribution in [0.4, 0.5) is 0 Å². The van der Waals surface area contributed by atoms with Gasteiger partial charge in [-0.25, -0.2) is 13.1 Å². The van der Waals surface area contributed by atoms with E-state index in [9.17, 15) is 8.42 Å². The summed E-state index contributed by atoms with van der Waals surface area (Å²) in [6, 6.07) is 0. The van der Waals surface area contributed by atoms with E-state index in [2.05, 4.69) is 16.7 Å². The lowest BCUT2D eigenvalue weighted by atomic mass is 9.67. The monoisotopic (exact) mass is 314 g/mol. The lowest BCUT2D eigenvalue weighted by molar-refractivity contribution is 0.133. The average Bonchev–Trinajstić information content (AvgIpc) is 2.64. The van der Waals surface area contributed by atoms with Gasteiger partial charge in [0.1, 0.15) is 4.90 Å². The lowest BCUT2D eigenvalue weighted by Crippen LogP contribution is -2.41. The van der Waals surface area contributed by atoms with E-state index >= 15 is 0 Å². The van der Waals surface area contributed by atoms with E-state index in [1.54, 1.807) is 18.5 Å². The maximum atomic E-state index is 12.6. The molecule has 0 atom stereocenters. The molecule has 0 bridgehead atoms. The molecule has 0 aromatic carbocycles. The summed E-state index contributed by atoms with van der Waals surface area (Å²) >= 11 is 0. The van der Waals surface area contributed by atoms with Gasteiger partial charge in [0.05, 0.1) is 17.9 Å². The van der Waals surface area contributed by atoms with E-state index in [1.165, 1.54) is 6.42 Å². The summed E-state index contributed by atoms with van der Waals surface area (Å²) in [6.45, 7) is 7.13. The molecule has 0 aliphatic heterocycles. The van der Waals surface area contributed by atoms with Crippen LogP contribution in [0.2, 0.25) is 0 Å². The first-order chi connectivity index (χ1) is 9.85. The second kappa shape index (κ2) is 6.06. The quantitative estimate of drug-likeness (QED) is 0.794. The number of nitrogens with one attached hydrogen (secondary N) is 1. The average molecular weight is 314 g/mol. The highest BCUT2D eigenvalue weighted by Crippen LogP contribution is 2.43. The molecule has 7 heteroatoms. The van der Waals surface area contributed by atoms with Crippen LogP contribution < -0.4 is 10.5 Å². The van der Waals surface area contributed by atoms with Crippen LogP contribution in [0.5, 0.6) is 0 Å². The molecule has 0 spiro atoms. The number of nitrogens with two attached hydrogens (primary N) is 1. The van der Waals surface area contributed by atoms with Crippen molar-refractivity contribution in [3.05, 3.63) is 11.4 Å². The molecule has 120 valence electrons. The standard InChI is InChI=1S/C14H26N4O2S/c1-4-14(6-5-7-14)10-16-21(19,20)13-11(2)17-18(9-8-15)12(13)3/h16H,4-10,15H2,1-3H3. The van der Waals surface area contributed by atoms with E-state index in [-0.39, 0.29) is 5.41 Å². The highest BCUT2D eigenvalue weighted by molar-refractivity contribution is 7.89. The largest absolute Gasteiger partial charge is 0.329 e. The molecule has 1 aromatic rings. The van der Waals surface area contributed by atoms with Gasteiger partial charge < -0.3 is 5.73 Å². The number of hydrogen-bond donors (Lipinski definition) is 2. The zero-order valence-corrected chi connectivity index (χ0v) is 14.0. The van der Waals surface area contributed by atoms with Crippen LogP contribution in [0.1, 0.15) is 44.0 Å². The molecule has 1 aliphatic rings. The van der Waals surface area contributed by atoms with Crippen LogP contribution in [0, 0.1) is 19.3 Å². The molecular weight excluding hydrogens is 288 g/mol. The molecule has 1 heterocycles. The molecular formula is C14H26N4O2S. The van der Waals surface area contributed by atoms with Crippen molar-refractivity contribution in [2.24, 2.45) is 11.1 Å². The molecule has 0 radical (unpaired) electrons. The fraction of sp³-hybridized carbons (Fsp3) is 0.786. The Hall–Kier alpha value is -0.920. The van der Waals surface area contributed by atoms with E-state index < -0.39 is 10.0 Å². The minimum absolute atomic E-state index is 0.155. The Kier molecular flexibility index (Phi) is 4.75. The first kappa shape index (κ1) is 16.5. The highest BCUT2D eigenvalue weighted by Gasteiger charge is 2.36. The molecule has 2 rings (SSSR count). The van der Waals surface area contributed by atoms with Crippen molar-refractivity contribution in [1.82, 2.24) is 14.5 Å².